The second kappa shape index (κ2) is 6.49. The summed E-state index contributed by atoms with van der Waals surface area (Å²) in [5, 5.41) is 0. The molecule has 2 aliphatic heterocycles. The van der Waals surface area contributed by atoms with Crippen molar-refractivity contribution in [3.05, 3.63) is 30.3 Å². The van der Waals surface area contributed by atoms with Crippen molar-refractivity contribution in [2.24, 2.45) is 5.41 Å². The van der Waals surface area contributed by atoms with Gasteiger partial charge in [-0.3, -0.25) is 4.79 Å². The summed E-state index contributed by atoms with van der Waals surface area (Å²) >= 11 is 0. The molecule has 1 saturated carbocycles. The Morgan fingerprint density at radius 1 is 1.15 bits per heavy atom. The quantitative estimate of drug-likeness (QED) is 0.812. The molecule has 2 heterocycles. The Bertz CT molecular complexity index is 678. The van der Waals surface area contributed by atoms with E-state index in [1.807, 2.05) is 42.2 Å². The lowest BCUT2D eigenvalue weighted by Gasteiger charge is -2.38. The van der Waals surface area contributed by atoms with Gasteiger partial charge in [0, 0.05) is 31.3 Å². The SMILES string of the molecule is CC1(C(=O)N2CCC3(CC2)CN(CCOc2ccccc2)C(=O)O3)CC1. The number of hydrogen-bond acceptors (Lipinski definition) is 4. The Morgan fingerprint density at radius 2 is 1.85 bits per heavy atom. The third-order valence-corrected chi connectivity index (χ3v) is 5.89. The molecule has 4 rings (SSSR count). The van der Waals surface area contributed by atoms with Crippen molar-refractivity contribution in [3.8, 4) is 5.75 Å². The minimum absolute atomic E-state index is 0.127. The molecule has 26 heavy (non-hydrogen) atoms. The van der Waals surface area contributed by atoms with Crippen molar-refractivity contribution in [2.75, 3.05) is 32.8 Å². The molecule has 1 spiro atoms. The van der Waals surface area contributed by atoms with Crippen LogP contribution in [-0.4, -0.2) is 60.2 Å². The molecule has 1 aromatic rings. The fourth-order valence-corrected chi connectivity index (χ4v) is 3.82. The van der Waals surface area contributed by atoms with Crippen LogP contribution in [0.3, 0.4) is 0 Å². The topological polar surface area (TPSA) is 59.1 Å². The fraction of sp³-hybridized carbons (Fsp3) is 0.600. The van der Waals surface area contributed by atoms with E-state index in [-0.39, 0.29) is 17.4 Å². The van der Waals surface area contributed by atoms with Gasteiger partial charge < -0.3 is 19.3 Å². The number of rotatable bonds is 5. The molecule has 6 heteroatoms. The Kier molecular flexibility index (Phi) is 4.29. The molecule has 0 radical (unpaired) electrons. The average Bonchev–Trinajstić information content (AvgIpc) is 3.33. The zero-order chi connectivity index (χ0) is 18.2. The first kappa shape index (κ1) is 17.2. The zero-order valence-electron chi connectivity index (χ0n) is 15.3. The molecular weight excluding hydrogens is 332 g/mol. The number of hydrogen-bond donors (Lipinski definition) is 0. The summed E-state index contributed by atoms with van der Waals surface area (Å²) < 4.78 is 11.4. The fourth-order valence-electron chi connectivity index (χ4n) is 3.82. The van der Waals surface area contributed by atoms with Gasteiger partial charge in [-0.15, -0.1) is 0 Å². The van der Waals surface area contributed by atoms with Crippen LogP contribution in [-0.2, 0) is 9.53 Å². The Morgan fingerprint density at radius 3 is 2.50 bits per heavy atom. The van der Waals surface area contributed by atoms with Crippen LogP contribution in [0.5, 0.6) is 5.75 Å². The van der Waals surface area contributed by atoms with Crippen LogP contribution in [0, 0.1) is 5.41 Å². The van der Waals surface area contributed by atoms with Crippen molar-refractivity contribution >= 4 is 12.0 Å². The largest absolute Gasteiger partial charge is 0.492 e. The van der Waals surface area contributed by atoms with E-state index < -0.39 is 5.60 Å². The van der Waals surface area contributed by atoms with E-state index in [1.54, 1.807) is 4.90 Å². The summed E-state index contributed by atoms with van der Waals surface area (Å²) in [6.45, 7) is 4.94. The number of nitrogens with zero attached hydrogens (tertiary/aromatic N) is 2. The van der Waals surface area contributed by atoms with Crippen LogP contribution in [0.25, 0.3) is 0 Å². The van der Waals surface area contributed by atoms with Crippen molar-refractivity contribution < 1.29 is 19.1 Å². The second-order valence-electron chi connectivity index (χ2n) is 7.99. The Hall–Kier alpha value is -2.24. The standard InChI is InChI=1S/C20H26N2O4/c1-19(7-8-19)17(23)21-11-9-20(10-12-21)15-22(18(24)26-20)13-14-25-16-5-3-2-4-6-16/h2-6H,7-15H2,1H3. The maximum Gasteiger partial charge on any atom is 0.410 e. The van der Waals surface area contributed by atoms with Gasteiger partial charge in [-0.2, -0.15) is 0 Å². The summed E-state index contributed by atoms with van der Waals surface area (Å²) in [6.07, 6.45) is 3.17. The lowest BCUT2D eigenvalue weighted by molar-refractivity contribution is -0.139. The summed E-state index contributed by atoms with van der Waals surface area (Å²) in [6, 6.07) is 9.58. The van der Waals surface area contributed by atoms with Crippen LogP contribution in [0.2, 0.25) is 0 Å². The van der Waals surface area contributed by atoms with Crippen molar-refractivity contribution in [1.82, 2.24) is 9.80 Å². The van der Waals surface area contributed by atoms with E-state index in [1.165, 1.54) is 0 Å². The minimum Gasteiger partial charge on any atom is -0.492 e. The first-order valence-electron chi connectivity index (χ1n) is 9.45. The van der Waals surface area contributed by atoms with Gasteiger partial charge >= 0.3 is 6.09 Å². The number of likely N-dealkylation sites (tertiary alicyclic amines) is 1. The van der Waals surface area contributed by atoms with Gasteiger partial charge in [0.15, 0.2) is 0 Å². The molecule has 0 N–H and O–H groups in total. The number of benzene rings is 1. The second-order valence-corrected chi connectivity index (χ2v) is 7.99. The van der Waals surface area contributed by atoms with Crippen LogP contribution in [0.1, 0.15) is 32.6 Å². The predicted octanol–water partition coefficient (Wildman–Crippen LogP) is 2.68. The summed E-state index contributed by atoms with van der Waals surface area (Å²) in [7, 11) is 0. The van der Waals surface area contributed by atoms with Crippen molar-refractivity contribution in [3.63, 3.8) is 0 Å². The number of amides is 2. The molecule has 3 fully saturated rings. The van der Waals surface area contributed by atoms with Crippen molar-refractivity contribution in [1.29, 1.82) is 0 Å². The van der Waals surface area contributed by atoms with Gasteiger partial charge in [-0.1, -0.05) is 25.1 Å². The highest BCUT2D eigenvalue weighted by atomic mass is 16.6. The van der Waals surface area contributed by atoms with Crippen LogP contribution in [0.15, 0.2) is 30.3 Å². The Labute approximate surface area is 154 Å². The van der Waals surface area contributed by atoms with Gasteiger partial charge in [0.05, 0.1) is 13.1 Å². The first-order valence-corrected chi connectivity index (χ1v) is 9.45. The van der Waals surface area contributed by atoms with Gasteiger partial charge in [-0.25, -0.2) is 4.79 Å². The number of carbonyl (C=O) groups is 2. The van der Waals surface area contributed by atoms with Gasteiger partial charge in [0.25, 0.3) is 0 Å². The number of piperidine rings is 1. The highest BCUT2D eigenvalue weighted by Crippen LogP contribution is 2.47. The minimum atomic E-state index is -0.439. The predicted molar refractivity (Wildman–Crippen MR) is 95.9 cm³/mol. The van der Waals surface area contributed by atoms with E-state index in [2.05, 4.69) is 0 Å². The van der Waals surface area contributed by atoms with E-state index in [0.717, 1.165) is 31.4 Å². The third-order valence-electron chi connectivity index (χ3n) is 5.89. The number of carbonyl (C=O) groups excluding carboxylic acids is 2. The summed E-state index contributed by atoms with van der Waals surface area (Å²) in [5.41, 5.74) is -0.567. The van der Waals surface area contributed by atoms with Crippen LogP contribution in [0.4, 0.5) is 4.79 Å². The molecular formula is C20H26N2O4. The maximum absolute atomic E-state index is 12.5. The Balaban J connectivity index is 1.27. The van der Waals surface area contributed by atoms with E-state index in [0.29, 0.717) is 32.8 Å². The van der Waals surface area contributed by atoms with E-state index >= 15 is 0 Å². The van der Waals surface area contributed by atoms with Crippen LogP contribution < -0.4 is 4.74 Å². The molecule has 2 saturated heterocycles. The van der Waals surface area contributed by atoms with Gasteiger partial charge in [0.1, 0.15) is 18.0 Å². The molecule has 0 aromatic heterocycles. The highest BCUT2D eigenvalue weighted by molar-refractivity contribution is 5.85. The molecule has 0 atom stereocenters. The molecule has 1 aromatic carbocycles. The molecule has 2 amide bonds. The third kappa shape index (κ3) is 3.37. The van der Waals surface area contributed by atoms with Crippen molar-refractivity contribution in [2.45, 2.75) is 38.2 Å². The number of para-hydroxylation sites is 1. The van der Waals surface area contributed by atoms with Crippen LogP contribution >= 0.6 is 0 Å². The zero-order valence-corrected chi connectivity index (χ0v) is 15.3. The summed E-state index contributed by atoms with van der Waals surface area (Å²) in [4.78, 5) is 28.4. The molecule has 1 aliphatic carbocycles. The lowest BCUT2D eigenvalue weighted by atomic mass is 9.90. The monoisotopic (exact) mass is 358 g/mol. The van der Waals surface area contributed by atoms with E-state index in [4.69, 9.17) is 9.47 Å². The smallest absolute Gasteiger partial charge is 0.410 e. The first-order chi connectivity index (χ1) is 12.5. The normalized spacial score (nSPS) is 23.0. The summed E-state index contributed by atoms with van der Waals surface area (Å²) in [5.74, 6) is 1.07. The molecule has 6 nitrogen and oxygen atoms in total. The van der Waals surface area contributed by atoms with Gasteiger partial charge in [-0.05, 0) is 25.0 Å². The molecule has 3 aliphatic rings. The molecule has 0 bridgehead atoms. The lowest BCUT2D eigenvalue weighted by Crippen LogP contribution is -2.50. The molecule has 140 valence electrons. The maximum atomic E-state index is 12.5. The average molecular weight is 358 g/mol. The van der Waals surface area contributed by atoms with Gasteiger partial charge in [0.2, 0.25) is 5.91 Å². The van der Waals surface area contributed by atoms with E-state index in [9.17, 15) is 9.59 Å². The molecule has 0 unspecified atom stereocenters. The highest BCUT2D eigenvalue weighted by Gasteiger charge is 2.51. The number of ether oxygens (including phenoxy) is 2.